The Kier molecular flexibility index (Phi) is 6.73. The molecule has 3 rings (SSSR count). The van der Waals surface area contributed by atoms with Crippen molar-refractivity contribution >= 4 is 17.7 Å². The lowest BCUT2D eigenvalue weighted by Gasteiger charge is -2.24. The molecule has 1 fully saturated rings. The van der Waals surface area contributed by atoms with Gasteiger partial charge in [-0.15, -0.1) is 11.8 Å². The highest BCUT2D eigenvalue weighted by Gasteiger charge is 2.31. The van der Waals surface area contributed by atoms with Crippen LogP contribution in [0.5, 0.6) is 0 Å². The van der Waals surface area contributed by atoms with Crippen LogP contribution in [0, 0.1) is 5.82 Å². The first-order valence-electron chi connectivity index (χ1n) is 9.46. The van der Waals surface area contributed by atoms with Crippen molar-refractivity contribution in [2.75, 3.05) is 12.3 Å². The number of unbranched alkanes of at least 4 members (excludes halogenated alkanes) is 3. The smallest absolute Gasteiger partial charge is 0.255 e. The zero-order valence-electron chi connectivity index (χ0n) is 15.3. The molecule has 1 atom stereocenters. The topological polar surface area (TPSA) is 20.3 Å². The van der Waals surface area contributed by atoms with Gasteiger partial charge in [-0.05, 0) is 48.2 Å². The summed E-state index contributed by atoms with van der Waals surface area (Å²) in [7, 11) is 0. The number of aryl methyl sites for hydroxylation is 1. The Morgan fingerprint density at radius 3 is 2.69 bits per heavy atom. The van der Waals surface area contributed by atoms with Gasteiger partial charge in [0, 0.05) is 17.9 Å². The average molecular weight is 372 g/mol. The van der Waals surface area contributed by atoms with Gasteiger partial charge in [0.05, 0.1) is 0 Å². The average Bonchev–Trinajstić information content (AvgIpc) is 3.15. The van der Waals surface area contributed by atoms with Gasteiger partial charge in [-0.1, -0.05) is 50.5 Å². The zero-order valence-corrected chi connectivity index (χ0v) is 16.1. The van der Waals surface area contributed by atoms with E-state index in [2.05, 4.69) is 19.1 Å². The minimum Gasteiger partial charge on any atom is -0.322 e. The first-order valence-corrected chi connectivity index (χ1v) is 10.5. The summed E-state index contributed by atoms with van der Waals surface area (Å²) in [5.41, 5.74) is 2.86. The standard InChI is InChI=1S/C22H26FNOS/c1-2-3-4-5-7-17-10-12-18(13-11-17)21(25)24-14-15-26-22(24)19-8-6-9-20(23)16-19/h6,8-13,16,22H,2-5,7,14-15H2,1H3. The second-order valence-electron chi connectivity index (χ2n) is 6.78. The van der Waals surface area contributed by atoms with Crippen molar-refractivity contribution in [2.24, 2.45) is 0 Å². The van der Waals surface area contributed by atoms with E-state index in [4.69, 9.17) is 0 Å². The van der Waals surface area contributed by atoms with E-state index in [0.29, 0.717) is 12.1 Å². The second-order valence-corrected chi connectivity index (χ2v) is 7.97. The van der Waals surface area contributed by atoms with Gasteiger partial charge in [0.2, 0.25) is 0 Å². The third-order valence-corrected chi connectivity index (χ3v) is 6.07. The Balaban J connectivity index is 1.66. The molecular formula is C22H26FNOS. The quantitative estimate of drug-likeness (QED) is 0.570. The van der Waals surface area contributed by atoms with Gasteiger partial charge in [-0.3, -0.25) is 4.79 Å². The maximum absolute atomic E-state index is 13.6. The molecule has 0 bridgehead atoms. The van der Waals surface area contributed by atoms with Gasteiger partial charge in [-0.25, -0.2) is 4.39 Å². The van der Waals surface area contributed by atoms with Crippen LogP contribution in [-0.2, 0) is 6.42 Å². The molecule has 0 N–H and O–H groups in total. The van der Waals surface area contributed by atoms with E-state index in [-0.39, 0.29) is 17.1 Å². The third-order valence-electron chi connectivity index (χ3n) is 4.81. The molecule has 2 nitrogen and oxygen atoms in total. The fraction of sp³-hybridized carbons (Fsp3) is 0.409. The number of rotatable bonds is 7. The Morgan fingerprint density at radius 2 is 1.96 bits per heavy atom. The van der Waals surface area contributed by atoms with Gasteiger partial charge in [0.25, 0.3) is 5.91 Å². The van der Waals surface area contributed by atoms with Crippen molar-refractivity contribution in [3.8, 4) is 0 Å². The van der Waals surface area contributed by atoms with Gasteiger partial charge < -0.3 is 4.90 Å². The van der Waals surface area contributed by atoms with E-state index in [1.54, 1.807) is 17.8 Å². The first-order chi connectivity index (χ1) is 12.7. The Hall–Kier alpha value is -1.81. The van der Waals surface area contributed by atoms with Crippen LogP contribution in [0.1, 0.15) is 59.5 Å². The molecule has 2 aromatic rings. The highest BCUT2D eigenvalue weighted by molar-refractivity contribution is 7.99. The van der Waals surface area contributed by atoms with Gasteiger partial charge in [0.15, 0.2) is 0 Å². The largest absolute Gasteiger partial charge is 0.322 e. The molecular weight excluding hydrogens is 345 g/mol. The Bertz CT molecular complexity index is 731. The molecule has 0 spiro atoms. The van der Waals surface area contributed by atoms with E-state index in [0.717, 1.165) is 17.7 Å². The van der Waals surface area contributed by atoms with Crippen LogP contribution in [0.25, 0.3) is 0 Å². The minimum absolute atomic E-state index is 0.0294. The molecule has 1 saturated heterocycles. The zero-order chi connectivity index (χ0) is 18.4. The summed E-state index contributed by atoms with van der Waals surface area (Å²) in [4.78, 5) is 14.8. The summed E-state index contributed by atoms with van der Waals surface area (Å²) >= 11 is 1.69. The van der Waals surface area contributed by atoms with Crippen molar-refractivity contribution in [1.82, 2.24) is 4.90 Å². The fourth-order valence-corrected chi connectivity index (χ4v) is 4.60. The summed E-state index contributed by atoms with van der Waals surface area (Å²) in [6.45, 7) is 2.91. The van der Waals surface area contributed by atoms with Crippen molar-refractivity contribution in [3.05, 3.63) is 71.0 Å². The summed E-state index contributed by atoms with van der Waals surface area (Å²) in [6, 6.07) is 14.6. The minimum atomic E-state index is -0.255. The van der Waals surface area contributed by atoms with E-state index >= 15 is 0 Å². The fourth-order valence-electron chi connectivity index (χ4n) is 3.35. The predicted molar refractivity (Wildman–Crippen MR) is 107 cm³/mol. The first kappa shape index (κ1) is 19.0. The molecule has 0 aromatic heterocycles. The highest BCUT2D eigenvalue weighted by Crippen LogP contribution is 2.38. The number of carbonyl (C=O) groups excluding carboxylic acids is 1. The van der Waals surface area contributed by atoms with Gasteiger partial charge in [-0.2, -0.15) is 0 Å². The predicted octanol–water partition coefficient (Wildman–Crippen LogP) is 5.84. The van der Waals surface area contributed by atoms with Crippen LogP contribution in [0.2, 0.25) is 0 Å². The highest BCUT2D eigenvalue weighted by atomic mass is 32.2. The molecule has 1 aliphatic heterocycles. The Morgan fingerprint density at radius 1 is 1.15 bits per heavy atom. The summed E-state index contributed by atoms with van der Waals surface area (Å²) in [6.07, 6.45) is 6.06. The maximum atomic E-state index is 13.6. The lowest BCUT2D eigenvalue weighted by atomic mass is 10.0. The maximum Gasteiger partial charge on any atom is 0.255 e. The number of benzene rings is 2. The lowest BCUT2D eigenvalue weighted by molar-refractivity contribution is 0.0760. The lowest BCUT2D eigenvalue weighted by Crippen LogP contribution is -2.30. The molecule has 0 saturated carbocycles. The molecule has 1 heterocycles. The van der Waals surface area contributed by atoms with Crippen LogP contribution >= 0.6 is 11.8 Å². The van der Waals surface area contributed by atoms with E-state index in [1.807, 2.05) is 23.1 Å². The van der Waals surface area contributed by atoms with Crippen molar-refractivity contribution in [2.45, 2.75) is 44.4 Å². The molecule has 1 unspecified atom stereocenters. The number of halogens is 1. The number of nitrogens with zero attached hydrogens (tertiary/aromatic N) is 1. The number of hydrogen-bond acceptors (Lipinski definition) is 2. The van der Waals surface area contributed by atoms with Crippen molar-refractivity contribution in [1.29, 1.82) is 0 Å². The molecule has 0 aliphatic carbocycles. The third kappa shape index (κ3) is 4.67. The molecule has 26 heavy (non-hydrogen) atoms. The van der Waals surface area contributed by atoms with Crippen LogP contribution in [0.15, 0.2) is 48.5 Å². The van der Waals surface area contributed by atoms with E-state index < -0.39 is 0 Å². The van der Waals surface area contributed by atoms with Gasteiger partial charge >= 0.3 is 0 Å². The summed E-state index contributed by atoms with van der Waals surface area (Å²) in [5.74, 6) is 0.652. The normalized spacial score (nSPS) is 16.8. The van der Waals surface area contributed by atoms with Crippen LogP contribution in [-0.4, -0.2) is 23.1 Å². The molecule has 2 aromatic carbocycles. The SMILES string of the molecule is CCCCCCc1ccc(C(=O)N2CCSC2c2cccc(F)c2)cc1. The number of hydrogen-bond donors (Lipinski definition) is 0. The summed E-state index contributed by atoms with van der Waals surface area (Å²) < 4.78 is 13.6. The van der Waals surface area contributed by atoms with Crippen molar-refractivity contribution in [3.63, 3.8) is 0 Å². The molecule has 138 valence electrons. The van der Waals surface area contributed by atoms with Crippen molar-refractivity contribution < 1.29 is 9.18 Å². The summed E-state index contributed by atoms with van der Waals surface area (Å²) in [5, 5.41) is -0.105. The van der Waals surface area contributed by atoms with E-state index in [1.165, 1.54) is 43.4 Å². The number of amides is 1. The van der Waals surface area contributed by atoms with Crippen LogP contribution in [0.3, 0.4) is 0 Å². The molecule has 1 aliphatic rings. The number of carbonyl (C=O) groups is 1. The molecule has 1 amide bonds. The van der Waals surface area contributed by atoms with Crippen LogP contribution < -0.4 is 0 Å². The monoisotopic (exact) mass is 371 g/mol. The second kappa shape index (κ2) is 9.22. The molecule has 0 radical (unpaired) electrons. The van der Waals surface area contributed by atoms with E-state index in [9.17, 15) is 9.18 Å². The Labute approximate surface area is 159 Å². The number of thioether (sulfide) groups is 1. The molecule has 4 heteroatoms. The van der Waals surface area contributed by atoms with Gasteiger partial charge in [0.1, 0.15) is 11.2 Å². The van der Waals surface area contributed by atoms with Crippen LogP contribution in [0.4, 0.5) is 4.39 Å².